The van der Waals surface area contributed by atoms with Crippen LogP contribution in [0.5, 0.6) is 0 Å². The van der Waals surface area contributed by atoms with E-state index in [1.807, 2.05) is 6.92 Å². The Morgan fingerprint density at radius 1 is 1.45 bits per heavy atom. The van der Waals surface area contributed by atoms with Gasteiger partial charge in [-0.3, -0.25) is 0 Å². The third-order valence-electron chi connectivity index (χ3n) is 3.29. The molecule has 1 fully saturated rings. The van der Waals surface area contributed by atoms with Gasteiger partial charge in [0.15, 0.2) is 0 Å². The summed E-state index contributed by atoms with van der Waals surface area (Å²) < 4.78 is 0. The average Bonchev–Trinajstić information content (AvgIpc) is 2.31. The first-order valence-corrected chi connectivity index (χ1v) is 4.83. The molecule has 1 heteroatoms. The van der Waals surface area contributed by atoms with Crippen LogP contribution in [0.3, 0.4) is 0 Å². The molecule has 0 saturated heterocycles. The lowest BCUT2D eigenvalue weighted by atomic mass is 9.96. The maximum absolute atomic E-state index is 9.38. The van der Waals surface area contributed by atoms with Gasteiger partial charge in [-0.05, 0) is 37.5 Å². The molecular weight excluding hydrogens is 136 g/mol. The van der Waals surface area contributed by atoms with Gasteiger partial charge in [0, 0.05) is 0 Å². The van der Waals surface area contributed by atoms with Gasteiger partial charge >= 0.3 is 0 Å². The molecule has 0 aromatic heterocycles. The van der Waals surface area contributed by atoms with Crippen LogP contribution in [0.4, 0.5) is 0 Å². The predicted octanol–water partition coefficient (Wildman–Crippen LogP) is 2.44. The van der Waals surface area contributed by atoms with Gasteiger partial charge < -0.3 is 5.11 Å². The topological polar surface area (TPSA) is 20.2 Å². The Labute approximate surface area is 69.8 Å². The third kappa shape index (κ3) is 1.96. The van der Waals surface area contributed by atoms with E-state index >= 15 is 0 Å². The second kappa shape index (κ2) is 3.57. The molecule has 0 bridgehead atoms. The third-order valence-corrected chi connectivity index (χ3v) is 3.29. The summed E-state index contributed by atoms with van der Waals surface area (Å²) in [5.74, 6) is 2.28. The van der Waals surface area contributed by atoms with Crippen molar-refractivity contribution in [2.75, 3.05) is 0 Å². The molecular formula is C10H20O. The minimum atomic E-state index is -0.0889. The summed E-state index contributed by atoms with van der Waals surface area (Å²) in [5, 5.41) is 9.38. The first-order valence-electron chi connectivity index (χ1n) is 4.83. The minimum Gasteiger partial charge on any atom is -0.393 e. The van der Waals surface area contributed by atoms with Crippen LogP contribution in [0.25, 0.3) is 0 Å². The molecule has 4 unspecified atom stereocenters. The van der Waals surface area contributed by atoms with E-state index in [4.69, 9.17) is 0 Å². The maximum atomic E-state index is 9.38. The molecule has 4 atom stereocenters. The summed E-state index contributed by atoms with van der Waals surface area (Å²) in [6.45, 7) is 6.50. The second-order valence-electron chi connectivity index (χ2n) is 4.12. The van der Waals surface area contributed by atoms with E-state index in [9.17, 15) is 5.11 Å². The molecule has 1 nitrogen and oxygen atoms in total. The fraction of sp³-hybridized carbons (Fsp3) is 1.00. The maximum Gasteiger partial charge on any atom is 0.0540 e. The van der Waals surface area contributed by atoms with Crippen molar-refractivity contribution in [2.24, 2.45) is 17.8 Å². The Morgan fingerprint density at radius 2 is 2.09 bits per heavy atom. The molecule has 0 aliphatic heterocycles. The second-order valence-corrected chi connectivity index (χ2v) is 4.12. The Balaban J connectivity index is 2.43. The van der Waals surface area contributed by atoms with E-state index in [0.29, 0.717) is 5.92 Å². The fourth-order valence-electron chi connectivity index (χ4n) is 2.35. The minimum absolute atomic E-state index is 0.0889. The standard InChI is InChI=1S/C10H20O/c1-4-9-6-10(8(3)11)5-7(9)2/h7-11H,4-6H2,1-3H3. The molecule has 0 aromatic carbocycles. The summed E-state index contributed by atoms with van der Waals surface area (Å²) in [6.07, 6.45) is 3.67. The number of hydrogen-bond donors (Lipinski definition) is 1. The SMILES string of the molecule is CCC1CC(C(C)O)CC1C. The Bertz CT molecular complexity index is 120. The summed E-state index contributed by atoms with van der Waals surface area (Å²) >= 11 is 0. The molecule has 0 aromatic rings. The van der Waals surface area contributed by atoms with E-state index in [2.05, 4.69) is 13.8 Å². The van der Waals surface area contributed by atoms with Crippen molar-refractivity contribution in [3.8, 4) is 0 Å². The number of hydrogen-bond acceptors (Lipinski definition) is 1. The summed E-state index contributed by atoms with van der Waals surface area (Å²) in [7, 11) is 0. The Hall–Kier alpha value is -0.0400. The van der Waals surface area contributed by atoms with E-state index in [1.165, 1.54) is 19.3 Å². The van der Waals surface area contributed by atoms with Crippen LogP contribution in [0, 0.1) is 17.8 Å². The van der Waals surface area contributed by atoms with E-state index in [0.717, 1.165) is 11.8 Å². The highest BCUT2D eigenvalue weighted by atomic mass is 16.3. The van der Waals surface area contributed by atoms with Crippen molar-refractivity contribution < 1.29 is 5.11 Å². The largest absolute Gasteiger partial charge is 0.393 e. The summed E-state index contributed by atoms with van der Waals surface area (Å²) in [5.41, 5.74) is 0. The van der Waals surface area contributed by atoms with Gasteiger partial charge in [0.1, 0.15) is 0 Å². The molecule has 11 heavy (non-hydrogen) atoms. The van der Waals surface area contributed by atoms with Crippen molar-refractivity contribution in [3.05, 3.63) is 0 Å². The van der Waals surface area contributed by atoms with Gasteiger partial charge in [0.2, 0.25) is 0 Å². The highest BCUT2D eigenvalue weighted by Gasteiger charge is 2.32. The number of aliphatic hydroxyl groups is 1. The summed E-state index contributed by atoms with van der Waals surface area (Å²) in [4.78, 5) is 0. The molecule has 0 radical (unpaired) electrons. The van der Waals surface area contributed by atoms with Gasteiger partial charge in [-0.25, -0.2) is 0 Å². The van der Waals surface area contributed by atoms with Crippen LogP contribution >= 0.6 is 0 Å². The van der Waals surface area contributed by atoms with Crippen molar-refractivity contribution in [1.82, 2.24) is 0 Å². The van der Waals surface area contributed by atoms with Gasteiger partial charge in [0.05, 0.1) is 6.10 Å². The molecule has 1 aliphatic rings. The normalized spacial score (nSPS) is 40.9. The molecule has 1 aliphatic carbocycles. The predicted molar refractivity (Wildman–Crippen MR) is 47.3 cm³/mol. The molecule has 66 valence electrons. The zero-order chi connectivity index (χ0) is 8.43. The van der Waals surface area contributed by atoms with Crippen LogP contribution in [0.2, 0.25) is 0 Å². The van der Waals surface area contributed by atoms with Gasteiger partial charge in [-0.1, -0.05) is 20.3 Å². The quantitative estimate of drug-likeness (QED) is 0.651. The van der Waals surface area contributed by atoms with Gasteiger partial charge in [-0.15, -0.1) is 0 Å². The summed E-state index contributed by atoms with van der Waals surface area (Å²) in [6, 6.07) is 0. The van der Waals surface area contributed by atoms with Crippen LogP contribution in [-0.4, -0.2) is 11.2 Å². The van der Waals surface area contributed by atoms with Crippen LogP contribution in [-0.2, 0) is 0 Å². The molecule has 1 rings (SSSR count). The van der Waals surface area contributed by atoms with Crippen molar-refractivity contribution >= 4 is 0 Å². The molecule has 1 saturated carbocycles. The van der Waals surface area contributed by atoms with E-state index in [-0.39, 0.29) is 6.10 Å². The van der Waals surface area contributed by atoms with Gasteiger partial charge in [-0.2, -0.15) is 0 Å². The average molecular weight is 156 g/mol. The monoisotopic (exact) mass is 156 g/mol. The number of aliphatic hydroxyl groups excluding tert-OH is 1. The molecule has 1 N–H and O–H groups in total. The van der Waals surface area contributed by atoms with Crippen molar-refractivity contribution in [2.45, 2.75) is 46.1 Å². The van der Waals surface area contributed by atoms with Crippen LogP contribution in [0.15, 0.2) is 0 Å². The first kappa shape index (κ1) is 9.05. The molecule has 0 amide bonds. The lowest BCUT2D eigenvalue weighted by Gasteiger charge is -2.12. The van der Waals surface area contributed by atoms with E-state index < -0.39 is 0 Å². The lowest BCUT2D eigenvalue weighted by molar-refractivity contribution is 0.125. The lowest BCUT2D eigenvalue weighted by Crippen LogP contribution is -2.13. The molecule has 0 spiro atoms. The molecule has 0 heterocycles. The highest BCUT2D eigenvalue weighted by Crippen LogP contribution is 2.39. The smallest absolute Gasteiger partial charge is 0.0540 e. The Morgan fingerprint density at radius 3 is 2.36 bits per heavy atom. The highest BCUT2D eigenvalue weighted by molar-refractivity contribution is 4.82. The van der Waals surface area contributed by atoms with Crippen LogP contribution in [0.1, 0.15) is 40.0 Å². The Kier molecular flexibility index (Phi) is 2.94. The van der Waals surface area contributed by atoms with Gasteiger partial charge in [0.25, 0.3) is 0 Å². The zero-order valence-corrected chi connectivity index (χ0v) is 7.88. The van der Waals surface area contributed by atoms with Crippen molar-refractivity contribution in [1.29, 1.82) is 0 Å². The number of rotatable bonds is 2. The van der Waals surface area contributed by atoms with E-state index in [1.54, 1.807) is 0 Å². The van der Waals surface area contributed by atoms with Crippen molar-refractivity contribution in [3.63, 3.8) is 0 Å². The van der Waals surface area contributed by atoms with Crippen LogP contribution < -0.4 is 0 Å². The first-order chi connectivity index (χ1) is 5.15. The fourth-order valence-corrected chi connectivity index (χ4v) is 2.35. The zero-order valence-electron chi connectivity index (χ0n) is 7.88.